The molecule has 70 heavy (non-hydrogen) atoms. The number of rotatable bonds is 17. The van der Waals surface area contributed by atoms with Crippen LogP contribution in [0.25, 0.3) is 37.7 Å². The van der Waals surface area contributed by atoms with E-state index in [2.05, 4.69) is 46.7 Å². The molecule has 26 heteroatoms. The van der Waals surface area contributed by atoms with Gasteiger partial charge < -0.3 is 9.84 Å². The van der Waals surface area contributed by atoms with Gasteiger partial charge in [0, 0.05) is 21.9 Å². The van der Waals surface area contributed by atoms with Crippen LogP contribution in [-0.2, 0) is 30.4 Å². The molecule has 0 spiro atoms. The first-order valence-electron chi connectivity index (χ1n) is 20.7. The number of nitrogens with zero attached hydrogens (tertiary/aromatic N) is 10. The van der Waals surface area contributed by atoms with Gasteiger partial charge in [0.15, 0.2) is 11.3 Å². The first-order valence-corrected chi connectivity index (χ1v) is 27.2. The number of imidazole rings is 1. The van der Waals surface area contributed by atoms with Crippen molar-refractivity contribution in [2.24, 2.45) is 30.7 Å². The Balaban J connectivity index is 1.14. The Morgan fingerprint density at radius 2 is 1.40 bits per heavy atom. The monoisotopic (exact) mass is 1040 g/mol. The highest BCUT2D eigenvalue weighted by molar-refractivity contribution is 7.99. The lowest BCUT2D eigenvalue weighted by atomic mass is 10.1. The van der Waals surface area contributed by atoms with Gasteiger partial charge in [0.25, 0.3) is 30.4 Å². The molecule has 3 aromatic heterocycles. The van der Waals surface area contributed by atoms with Gasteiger partial charge in [0.1, 0.15) is 23.1 Å². The van der Waals surface area contributed by atoms with E-state index >= 15 is 0 Å². The number of thiazole rings is 1. The number of aryl methyl sites for hydroxylation is 2. The van der Waals surface area contributed by atoms with Crippen molar-refractivity contribution >= 4 is 125 Å². The summed E-state index contributed by atoms with van der Waals surface area (Å²) >= 11 is 2.40. The van der Waals surface area contributed by atoms with Gasteiger partial charge in [0.2, 0.25) is 11.0 Å². The minimum Gasteiger partial charge on any atom is -0.493 e. The maximum Gasteiger partial charge on any atom is 0.294 e. The van der Waals surface area contributed by atoms with Crippen molar-refractivity contribution in [2.75, 3.05) is 23.9 Å². The molecule has 8 rings (SSSR count). The normalized spacial score (nSPS) is 12.8. The zero-order valence-electron chi connectivity index (χ0n) is 36.9. The highest BCUT2D eigenvalue weighted by Crippen LogP contribution is 2.43. The van der Waals surface area contributed by atoms with Gasteiger partial charge in [-0.25, -0.2) is 9.97 Å². The minimum absolute atomic E-state index is 0.0171. The molecule has 4 N–H and O–H groups in total. The van der Waals surface area contributed by atoms with Gasteiger partial charge in [-0.05, 0) is 104 Å². The summed E-state index contributed by atoms with van der Waals surface area (Å²) in [6.45, 7) is 4.90. The third kappa shape index (κ3) is 11.1. The molecular weight excluding hydrogens is 1000 g/mol. The van der Waals surface area contributed by atoms with Crippen molar-refractivity contribution in [3.8, 4) is 17.7 Å². The predicted octanol–water partition coefficient (Wildman–Crippen LogP) is 11.3. The van der Waals surface area contributed by atoms with Crippen LogP contribution < -0.4 is 4.74 Å². The molecule has 0 radical (unpaired) electrons. The second-order valence-electron chi connectivity index (χ2n) is 15.6. The number of nitriles is 1. The fraction of sp³-hybridized carbons (Fsp3) is 0.205. The first-order chi connectivity index (χ1) is 33.2. The third-order valence-corrected chi connectivity index (χ3v) is 15.2. The summed E-state index contributed by atoms with van der Waals surface area (Å²) in [5, 5.41) is 49.8. The molecule has 0 saturated carbocycles. The van der Waals surface area contributed by atoms with E-state index in [1.54, 1.807) is 81.4 Å². The van der Waals surface area contributed by atoms with Crippen molar-refractivity contribution in [1.82, 2.24) is 14.4 Å². The molecule has 0 aliphatic carbocycles. The van der Waals surface area contributed by atoms with Crippen LogP contribution in [0, 0.1) is 32.1 Å². The lowest BCUT2D eigenvalue weighted by molar-refractivity contribution is 0.317. The van der Waals surface area contributed by atoms with Gasteiger partial charge in [0.05, 0.1) is 61.3 Å². The number of hydrogen-bond acceptors (Lipinski definition) is 19. The van der Waals surface area contributed by atoms with E-state index in [1.165, 1.54) is 45.7 Å². The van der Waals surface area contributed by atoms with Crippen LogP contribution in [0.3, 0.4) is 0 Å². The average molecular weight is 1040 g/mol. The quantitative estimate of drug-likeness (QED) is 0.0285. The first kappa shape index (κ1) is 49.6. The van der Waals surface area contributed by atoms with Gasteiger partial charge in [-0.2, -0.15) is 35.6 Å². The van der Waals surface area contributed by atoms with E-state index in [1.807, 2.05) is 0 Å². The zero-order chi connectivity index (χ0) is 50.1. The molecule has 0 saturated heterocycles. The highest BCUT2D eigenvalue weighted by atomic mass is 32.2. The number of hydrogen-bond donors (Lipinski definition) is 4. The second-order valence-corrected chi connectivity index (χ2v) is 22.3. The standard InChI is InChI=1S/C44H38N10O11S5/c1-24-18-35(50-52-40-26(3)30(23-45)42-46-31-8-4-5-9-37(31)54(42)43(40)55)38(65-14-6-16-68(56,57)58)21-33(24)48-51-36-19-25(2)34(22-39(36)66-15-7-17-69(59,60)61)49-53-44-47-32-13-11-27-10-12-28(70(62,63)64)20-29(27)41(32)67-44/h4-5,8-13,18-22,55H,6-7,14-17H2,1-3H3,(H,56,57,58)(H,59,60,61)(H,62,63,64). The summed E-state index contributed by atoms with van der Waals surface area (Å²) < 4.78 is 106. The molecular formula is C44H38N10O11S5. The SMILES string of the molecule is Cc1cc(N=Nc2cc(OCCCS(=O)(=O)O)c(N=Nc3c(C)c(C#N)c4nc5ccccc5n4c3O)cc2C)c(SCCCS(=O)(=O)O)cc1N=Nc1nc2ccc3ccc(S(=O)(=O)O)cc3c2s1. The Kier molecular flexibility index (Phi) is 14.1. The summed E-state index contributed by atoms with van der Waals surface area (Å²) in [5.41, 5.74) is 4.64. The van der Waals surface area contributed by atoms with E-state index in [9.17, 15) is 49.3 Å². The van der Waals surface area contributed by atoms with Crippen LogP contribution in [0.4, 0.5) is 33.6 Å². The highest BCUT2D eigenvalue weighted by Gasteiger charge is 2.22. The summed E-state index contributed by atoms with van der Waals surface area (Å²) in [6, 6.07) is 23.4. The maximum absolute atomic E-state index is 11.9. The smallest absolute Gasteiger partial charge is 0.294 e. The van der Waals surface area contributed by atoms with Crippen molar-refractivity contribution in [3.05, 3.63) is 101 Å². The molecule has 0 bridgehead atoms. The van der Waals surface area contributed by atoms with E-state index in [4.69, 9.17) is 4.74 Å². The van der Waals surface area contributed by atoms with Crippen molar-refractivity contribution in [2.45, 2.75) is 43.4 Å². The molecule has 21 nitrogen and oxygen atoms in total. The Morgan fingerprint density at radius 1 is 0.743 bits per heavy atom. The average Bonchev–Trinajstić information content (AvgIpc) is 3.90. The Hall–Kier alpha value is -6.83. The molecule has 0 aliphatic heterocycles. The fourth-order valence-electron chi connectivity index (χ4n) is 7.18. The summed E-state index contributed by atoms with van der Waals surface area (Å²) in [7, 11) is -13.0. The molecule has 0 atom stereocenters. The molecule has 3 heterocycles. The van der Waals surface area contributed by atoms with Crippen LogP contribution in [-0.4, -0.2) is 82.3 Å². The molecule has 0 amide bonds. The minimum atomic E-state index is -4.46. The van der Waals surface area contributed by atoms with Crippen LogP contribution >= 0.6 is 23.1 Å². The zero-order valence-corrected chi connectivity index (χ0v) is 41.0. The van der Waals surface area contributed by atoms with Gasteiger partial charge >= 0.3 is 0 Å². The summed E-state index contributed by atoms with van der Waals surface area (Å²) in [5.74, 6) is -1.05. The van der Waals surface area contributed by atoms with Gasteiger partial charge in [-0.3, -0.25) is 18.1 Å². The number of ether oxygens (including phenoxy) is 1. The molecule has 0 fully saturated rings. The van der Waals surface area contributed by atoms with Crippen molar-refractivity contribution in [3.63, 3.8) is 0 Å². The lowest BCUT2D eigenvalue weighted by Gasteiger charge is -2.12. The summed E-state index contributed by atoms with van der Waals surface area (Å²) in [4.78, 5) is 9.33. The van der Waals surface area contributed by atoms with Gasteiger partial charge in [-0.15, -0.1) is 37.3 Å². The number of benzene rings is 5. The van der Waals surface area contributed by atoms with Crippen LogP contribution in [0.1, 0.15) is 35.1 Å². The number of aromatic hydroxyl groups is 1. The number of thioether (sulfide) groups is 1. The summed E-state index contributed by atoms with van der Waals surface area (Å²) in [6.07, 6.45) is 0.00387. The largest absolute Gasteiger partial charge is 0.493 e. The van der Waals surface area contributed by atoms with E-state index < -0.39 is 41.9 Å². The number of pyridine rings is 1. The van der Waals surface area contributed by atoms with Gasteiger partial charge in [-0.1, -0.05) is 35.6 Å². The van der Waals surface area contributed by atoms with Crippen molar-refractivity contribution < 1.29 is 48.8 Å². The number of aromatic nitrogens is 3. The lowest BCUT2D eigenvalue weighted by Crippen LogP contribution is -2.08. The van der Waals surface area contributed by atoms with Crippen LogP contribution in [0.5, 0.6) is 11.6 Å². The Morgan fingerprint density at radius 3 is 2.13 bits per heavy atom. The van der Waals surface area contributed by atoms with Crippen LogP contribution in [0.2, 0.25) is 0 Å². The molecule has 360 valence electrons. The fourth-order valence-corrected chi connectivity index (χ4v) is 10.7. The van der Waals surface area contributed by atoms with E-state index in [0.717, 1.165) is 5.39 Å². The molecule has 5 aromatic carbocycles. The number of fused-ring (bicyclic) bond motifs is 6. The molecule has 0 unspecified atom stereocenters. The Labute approximate surface area is 407 Å². The predicted molar refractivity (Wildman–Crippen MR) is 264 cm³/mol. The maximum atomic E-state index is 11.9. The van der Waals surface area contributed by atoms with Crippen molar-refractivity contribution in [1.29, 1.82) is 5.26 Å². The molecule has 0 aliphatic rings. The second kappa shape index (κ2) is 19.9. The number of para-hydroxylation sites is 2. The van der Waals surface area contributed by atoms with E-state index in [-0.39, 0.29) is 75.1 Å². The number of azo groups is 3. The molecule has 8 aromatic rings. The van der Waals surface area contributed by atoms with E-state index in [0.29, 0.717) is 59.6 Å². The van der Waals surface area contributed by atoms with Crippen LogP contribution in [0.15, 0.2) is 119 Å². The topological polar surface area (TPSA) is 321 Å². The third-order valence-electron chi connectivity index (χ3n) is 10.6. The Bertz CT molecular complexity index is 3910.